The van der Waals surface area contributed by atoms with E-state index in [1.807, 2.05) is 0 Å². The molecule has 0 atom stereocenters. The fourth-order valence-corrected chi connectivity index (χ4v) is 1.56. The lowest BCUT2D eigenvalue weighted by atomic mass is 10.2. The molecule has 0 saturated heterocycles. The highest BCUT2D eigenvalue weighted by Crippen LogP contribution is 2.05. The first-order valence-corrected chi connectivity index (χ1v) is 4.96. The van der Waals surface area contributed by atoms with Gasteiger partial charge in [-0.15, -0.1) is 11.6 Å². The third-order valence-corrected chi connectivity index (χ3v) is 2.26. The molecule has 1 aromatic carbocycles. The fraction of sp³-hybridized carbons (Fsp3) is 0.200. The highest BCUT2D eigenvalue weighted by atomic mass is 35.5. The predicted molar refractivity (Wildman–Crippen MR) is 57.5 cm³/mol. The van der Waals surface area contributed by atoms with E-state index in [0.717, 1.165) is 4.57 Å². The topological polar surface area (TPSA) is 52.2 Å². The molecule has 0 spiro atoms. The highest BCUT2D eigenvalue weighted by Gasteiger charge is 2.07. The number of rotatable bonds is 2. The Kier molecular flexibility index (Phi) is 2.60. The second-order valence-corrected chi connectivity index (χ2v) is 3.39. The summed E-state index contributed by atoms with van der Waals surface area (Å²) < 4.78 is 5.97. The molecule has 0 aliphatic rings. The zero-order valence-electron chi connectivity index (χ0n) is 7.77. The minimum atomic E-state index is -0.667. The summed E-state index contributed by atoms with van der Waals surface area (Å²) in [6, 6.07) is 6.62. The van der Waals surface area contributed by atoms with Gasteiger partial charge in [-0.2, -0.15) is 0 Å². The van der Waals surface area contributed by atoms with E-state index in [0.29, 0.717) is 11.0 Å². The zero-order chi connectivity index (χ0) is 10.8. The molecule has 0 aliphatic heterocycles. The molecule has 1 aromatic heterocycles. The smallest absolute Gasteiger partial charge is 0.409 e. The van der Waals surface area contributed by atoms with E-state index in [2.05, 4.69) is 0 Å². The third kappa shape index (κ3) is 1.68. The molecule has 0 radical (unpaired) electrons. The van der Waals surface area contributed by atoms with Crippen LogP contribution in [-0.4, -0.2) is 10.4 Å². The number of alkyl halides is 1. The van der Waals surface area contributed by atoms with Crippen LogP contribution in [0.25, 0.3) is 11.0 Å². The number of hydrogen-bond acceptors (Lipinski definition) is 3. The summed E-state index contributed by atoms with van der Waals surface area (Å²) in [5.41, 5.74) is -0.0548. The number of hydrogen-bond donors (Lipinski definition) is 0. The molecule has 0 amide bonds. The van der Waals surface area contributed by atoms with Crippen molar-refractivity contribution >= 4 is 22.6 Å². The van der Waals surface area contributed by atoms with Crippen molar-refractivity contribution in [2.24, 2.45) is 0 Å². The molecular formula is C10H8ClNO3. The molecular weight excluding hydrogens is 218 g/mol. The molecule has 0 saturated carbocycles. The number of fused-ring (bicyclic) bond motifs is 1. The molecule has 78 valence electrons. The Balaban J connectivity index is 2.85. The normalized spacial score (nSPS) is 10.7. The summed E-state index contributed by atoms with van der Waals surface area (Å²) >= 11 is 5.49. The van der Waals surface area contributed by atoms with Gasteiger partial charge in [0.1, 0.15) is 5.58 Å². The average molecular weight is 226 g/mol. The van der Waals surface area contributed by atoms with Gasteiger partial charge in [-0.25, -0.2) is 9.36 Å². The maximum absolute atomic E-state index is 11.8. The summed E-state index contributed by atoms with van der Waals surface area (Å²) in [5, 5.41) is 0.391. The van der Waals surface area contributed by atoms with Gasteiger partial charge in [-0.3, -0.25) is 4.79 Å². The van der Waals surface area contributed by atoms with Gasteiger partial charge in [0.2, 0.25) is 0 Å². The second-order valence-electron chi connectivity index (χ2n) is 3.01. The van der Waals surface area contributed by atoms with Crippen LogP contribution < -0.4 is 11.3 Å². The number of para-hydroxylation sites is 1. The predicted octanol–water partition coefficient (Wildman–Crippen LogP) is 1.19. The standard InChI is InChI=1S/C10H8ClNO3/c11-5-6-12-9(13)7-3-1-2-4-8(7)15-10(12)14/h1-4H,5-6H2. The monoisotopic (exact) mass is 225 g/mol. The van der Waals surface area contributed by atoms with Crippen molar-refractivity contribution in [3.63, 3.8) is 0 Å². The van der Waals surface area contributed by atoms with E-state index in [9.17, 15) is 9.59 Å². The summed E-state index contributed by atoms with van der Waals surface area (Å²) in [4.78, 5) is 23.2. The average Bonchev–Trinajstić information content (AvgIpc) is 2.24. The Morgan fingerprint density at radius 3 is 2.73 bits per heavy atom. The van der Waals surface area contributed by atoms with E-state index in [-0.39, 0.29) is 18.0 Å². The van der Waals surface area contributed by atoms with Crippen LogP contribution >= 0.6 is 11.6 Å². The van der Waals surface area contributed by atoms with Gasteiger partial charge in [0.05, 0.1) is 5.39 Å². The van der Waals surface area contributed by atoms with Crippen LogP contribution in [0, 0.1) is 0 Å². The molecule has 0 N–H and O–H groups in total. The summed E-state index contributed by atoms with van der Waals surface area (Å²) in [6.07, 6.45) is 0. The van der Waals surface area contributed by atoms with Crippen LogP contribution in [-0.2, 0) is 6.54 Å². The summed E-state index contributed by atoms with van der Waals surface area (Å²) in [6.45, 7) is 0.160. The van der Waals surface area contributed by atoms with Gasteiger partial charge in [0.25, 0.3) is 5.56 Å². The molecule has 2 aromatic rings. The Bertz CT molecular complexity index is 599. The first-order chi connectivity index (χ1) is 7.24. The molecule has 0 aliphatic carbocycles. The Morgan fingerprint density at radius 2 is 2.00 bits per heavy atom. The maximum atomic E-state index is 11.8. The molecule has 1 heterocycles. The Labute approximate surface area is 89.7 Å². The van der Waals surface area contributed by atoms with E-state index in [1.165, 1.54) is 0 Å². The van der Waals surface area contributed by atoms with Gasteiger partial charge >= 0.3 is 5.76 Å². The van der Waals surface area contributed by atoms with Gasteiger partial charge in [-0.1, -0.05) is 12.1 Å². The molecule has 0 unspecified atom stereocenters. The van der Waals surface area contributed by atoms with Crippen molar-refractivity contribution in [1.82, 2.24) is 4.57 Å². The van der Waals surface area contributed by atoms with E-state index in [4.69, 9.17) is 16.0 Å². The van der Waals surface area contributed by atoms with Crippen LogP contribution in [0.3, 0.4) is 0 Å². The van der Waals surface area contributed by atoms with Crippen molar-refractivity contribution in [2.45, 2.75) is 6.54 Å². The minimum Gasteiger partial charge on any atom is -0.409 e. The minimum absolute atomic E-state index is 0.160. The number of nitrogens with zero attached hydrogens (tertiary/aromatic N) is 1. The third-order valence-electron chi connectivity index (χ3n) is 2.09. The second kappa shape index (κ2) is 3.90. The van der Waals surface area contributed by atoms with Crippen LogP contribution in [0.5, 0.6) is 0 Å². The number of aromatic nitrogens is 1. The van der Waals surface area contributed by atoms with E-state index >= 15 is 0 Å². The Hall–Kier alpha value is -1.55. The Morgan fingerprint density at radius 1 is 1.27 bits per heavy atom. The first kappa shape index (κ1) is 9.98. The van der Waals surface area contributed by atoms with Crippen molar-refractivity contribution in [3.05, 3.63) is 45.2 Å². The van der Waals surface area contributed by atoms with Crippen molar-refractivity contribution in [1.29, 1.82) is 0 Å². The maximum Gasteiger partial charge on any atom is 0.422 e. The van der Waals surface area contributed by atoms with Gasteiger partial charge in [0.15, 0.2) is 0 Å². The lowest BCUT2D eigenvalue weighted by molar-refractivity contribution is 0.466. The van der Waals surface area contributed by atoms with Crippen LogP contribution in [0.2, 0.25) is 0 Å². The molecule has 4 nitrogen and oxygen atoms in total. The number of benzene rings is 1. The van der Waals surface area contributed by atoms with Crippen molar-refractivity contribution < 1.29 is 4.42 Å². The molecule has 2 rings (SSSR count). The van der Waals surface area contributed by atoms with Gasteiger partial charge < -0.3 is 4.42 Å². The molecule has 0 fully saturated rings. The molecule has 0 bridgehead atoms. The largest absolute Gasteiger partial charge is 0.422 e. The molecule has 15 heavy (non-hydrogen) atoms. The van der Waals surface area contributed by atoms with Crippen molar-refractivity contribution in [2.75, 3.05) is 5.88 Å². The van der Waals surface area contributed by atoms with Crippen LogP contribution in [0.4, 0.5) is 0 Å². The van der Waals surface area contributed by atoms with E-state index < -0.39 is 5.76 Å². The fourth-order valence-electron chi connectivity index (χ4n) is 1.39. The lowest BCUT2D eigenvalue weighted by Gasteiger charge is -2.01. The van der Waals surface area contributed by atoms with Gasteiger partial charge in [0, 0.05) is 12.4 Å². The summed E-state index contributed by atoms with van der Waals surface area (Å²) in [7, 11) is 0. The summed E-state index contributed by atoms with van der Waals surface area (Å²) in [5.74, 6) is -0.470. The zero-order valence-corrected chi connectivity index (χ0v) is 8.53. The van der Waals surface area contributed by atoms with Gasteiger partial charge in [-0.05, 0) is 12.1 Å². The van der Waals surface area contributed by atoms with Crippen LogP contribution in [0.15, 0.2) is 38.3 Å². The van der Waals surface area contributed by atoms with Crippen LogP contribution in [0.1, 0.15) is 0 Å². The van der Waals surface area contributed by atoms with Crippen molar-refractivity contribution in [3.8, 4) is 0 Å². The SMILES string of the molecule is O=c1oc2ccccc2c(=O)n1CCCl. The molecule has 5 heteroatoms. The van der Waals surface area contributed by atoms with E-state index in [1.54, 1.807) is 24.3 Å². The number of halogens is 1. The quantitative estimate of drug-likeness (QED) is 0.722. The first-order valence-electron chi connectivity index (χ1n) is 4.42. The highest BCUT2D eigenvalue weighted by molar-refractivity contribution is 6.17. The lowest BCUT2D eigenvalue weighted by Crippen LogP contribution is -2.32.